The molecule has 0 aromatic heterocycles. The van der Waals surface area contributed by atoms with E-state index in [-0.39, 0.29) is 6.42 Å². The Hall–Kier alpha value is -1.73. The minimum atomic E-state index is -0.805. The molecule has 0 unspecified atom stereocenters. The number of hydrogen-bond donors (Lipinski definition) is 4. The van der Waals surface area contributed by atoms with Gasteiger partial charge in [-0.2, -0.15) is 0 Å². The molecule has 6 heteroatoms. The molecule has 1 aliphatic rings. The Balaban J connectivity index is 2.29. The normalized spacial score (nSPS) is 25.5. The Kier molecular flexibility index (Phi) is 12.4. The van der Waals surface area contributed by atoms with E-state index < -0.39 is 36.5 Å². The summed E-state index contributed by atoms with van der Waals surface area (Å²) < 4.78 is 5.71. The molecule has 28 heavy (non-hydrogen) atoms. The lowest BCUT2D eigenvalue weighted by atomic mass is 10.0. The number of aliphatic carboxylic acids is 1. The Bertz CT molecular complexity index is 551. The van der Waals surface area contributed by atoms with Crippen LogP contribution in [0.3, 0.4) is 0 Å². The smallest absolute Gasteiger partial charge is 0.303 e. The minimum Gasteiger partial charge on any atom is -0.481 e. The minimum absolute atomic E-state index is 0.131. The van der Waals surface area contributed by atoms with E-state index in [9.17, 15) is 20.1 Å². The molecular formula is C22H34O6. The molecule has 6 nitrogen and oxygen atoms in total. The monoisotopic (exact) mass is 394 g/mol. The molecule has 0 aliphatic carbocycles. The Morgan fingerprint density at radius 1 is 1.11 bits per heavy atom. The van der Waals surface area contributed by atoms with Gasteiger partial charge in [0, 0.05) is 12.8 Å². The number of aliphatic hydroxyl groups excluding tert-OH is 3. The van der Waals surface area contributed by atoms with Crippen molar-refractivity contribution < 1.29 is 30.0 Å². The van der Waals surface area contributed by atoms with Gasteiger partial charge in [0.1, 0.15) is 6.10 Å². The van der Waals surface area contributed by atoms with Crippen molar-refractivity contribution in [3.05, 3.63) is 48.6 Å². The summed E-state index contributed by atoms with van der Waals surface area (Å²) >= 11 is 0. The fourth-order valence-electron chi connectivity index (χ4n) is 2.84. The zero-order valence-electron chi connectivity index (χ0n) is 16.6. The zero-order valence-corrected chi connectivity index (χ0v) is 16.6. The van der Waals surface area contributed by atoms with E-state index >= 15 is 0 Å². The van der Waals surface area contributed by atoms with Gasteiger partial charge in [-0.25, -0.2) is 0 Å². The second-order valence-corrected chi connectivity index (χ2v) is 6.92. The van der Waals surface area contributed by atoms with Crippen molar-refractivity contribution >= 4 is 5.97 Å². The molecule has 5 atom stereocenters. The van der Waals surface area contributed by atoms with Gasteiger partial charge < -0.3 is 25.2 Å². The van der Waals surface area contributed by atoms with Gasteiger partial charge in [-0.15, -0.1) is 0 Å². The lowest BCUT2D eigenvalue weighted by molar-refractivity contribution is -0.136. The molecule has 0 radical (unpaired) electrons. The zero-order chi connectivity index (χ0) is 20.8. The lowest BCUT2D eigenvalue weighted by Gasteiger charge is -2.16. The first-order valence-electron chi connectivity index (χ1n) is 9.98. The van der Waals surface area contributed by atoms with Crippen LogP contribution in [0.4, 0.5) is 0 Å². The molecule has 0 spiro atoms. The quantitative estimate of drug-likeness (QED) is 0.358. The van der Waals surface area contributed by atoms with Crippen molar-refractivity contribution in [3.63, 3.8) is 0 Å². The summed E-state index contributed by atoms with van der Waals surface area (Å²) in [7, 11) is 0. The molecule has 1 aliphatic heterocycles. The molecule has 1 heterocycles. The number of carbonyl (C=O) groups is 1. The standard InChI is InChI=1S/C22H34O6/c1-2-3-8-12-18(24)21-16-19(25)20(28-21)15-14-17(23)11-9-6-4-5-7-10-13-22(26)27/h3,5-9,14-15,17-21,23-25H,2,4,10-13,16H2,1H3,(H,26,27)/b7-5-,8-3-,9-6-,15-14+/t17-,18+,19+,20-,21-/m0/s1. The van der Waals surface area contributed by atoms with Crippen LogP contribution in [0, 0.1) is 0 Å². The van der Waals surface area contributed by atoms with E-state index in [0.29, 0.717) is 32.1 Å². The van der Waals surface area contributed by atoms with E-state index in [1.54, 1.807) is 12.2 Å². The van der Waals surface area contributed by atoms with E-state index in [1.165, 1.54) is 0 Å². The van der Waals surface area contributed by atoms with Gasteiger partial charge in [-0.1, -0.05) is 55.5 Å². The molecular weight excluding hydrogens is 360 g/mol. The van der Waals surface area contributed by atoms with Gasteiger partial charge in [-0.05, 0) is 32.1 Å². The first kappa shape index (κ1) is 24.3. The summed E-state index contributed by atoms with van der Waals surface area (Å²) in [6.45, 7) is 2.03. The number of ether oxygens (including phenoxy) is 1. The summed E-state index contributed by atoms with van der Waals surface area (Å²) in [5.41, 5.74) is 0. The highest BCUT2D eigenvalue weighted by atomic mass is 16.5. The van der Waals surface area contributed by atoms with Crippen molar-refractivity contribution in [2.24, 2.45) is 0 Å². The van der Waals surface area contributed by atoms with Gasteiger partial charge >= 0.3 is 5.97 Å². The molecule has 1 saturated heterocycles. The second-order valence-electron chi connectivity index (χ2n) is 6.92. The topological polar surface area (TPSA) is 107 Å². The SMILES string of the molecule is CC/C=C\C[C@@H](O)[C@@H]1C[C@@H](O)[C@H](/C=C/[C@@H](O)C/C=C\C/C=C\CCC(=O)O)O1. The van der Waals surface area contributed by atoms with Crippen molar-refractivity contribution in [2.75, 3.05) is 0 Å². The molecule has 158 valence electrons. The number of rotatable bonds is 13. The van der Waals surface area contributed by atoms with Crippen LogP contribution in [0.2, 0.25) is 0 Å². The number of allylic oxidation sites excluding steroid dienone is 4. The van der Waals surface area contributed by atoms with Crippen LogP contribution in [-0.2, 0) is 9.53 Å². The molecule has 0 aromatic carbocycles. The Labute approximate surface area is 167 Å². The molecule has 0 bridgehead atoms. The summed E-state index contributed by atoms with van der Waals surface area (Å²) in [5.74, 6) is -0.805. The van der Waals surface area contributed by atoms with Gasteiger partial charge in [0.15, 0.2) is 0 Å². The fourth-order valence-corrected chi connectivity index (χ4v) is 2.84. The second kappa shape index (κ2) is 14.3. The lowest BCUT2D eigenvalue weighted by Crippen LogP contribution is -2.25. The largest absolute Gasteiger partial charge is 0.481 e. The van der Waals surface area contributed by atoms with Crippen molar-refractivity contribution in [2.45, 2.75) is 82.4 Å². The van der Waals surface area contributed by atoms with E-state index in [2.05, 4.69) is 0 Å². The van der Waals surface area contributed by atoms with Crippen LogP contribution in [0.15, 0.2) is 48.6 Å². The van der Waals surface area contributed by atoms with Crippen LogP contribution in [-0.4, -0.2) is 56.9 Å². The third kappa shape index (κ3) is 10.6. The van der Waals surface area contributed by atoms with E-state index in [4.69, 9.17) is 9.84 Å². The van der Waals surface area contributed by atoms with Crippen LogP contribution in [0.25, 0.3) is 0 Å². The first-order chi connectivity index (χ1) is 13.4. The molecule has 0 aromatic rings. The average Bonchev–Trinajstić information content (AvgIpc) is 3.03. The molecule has 1 fully saturated rings. The summed E-state index contributed by atoms with van der Waals surface area (Å²) in [6.07, 6.45) is 15.3. The van der Waals surface area contributed by atoms with Gasteiger partial charge in [0.25, 0.3) is 0 Å². The summed E-state index contributed by atoms with van der Waals surface area (Å²) in [5, 5.41) is 38.8. The van der Waals surface area contributed by atoms with Gasteiger partial charge in [0.05, 0.1) is 24.4 Å². The summed E-state index contributed by atoms with van der Waals surface area (Å²) in [4.78, 5) is 10.4. The van der Waals surface area contributed by atoms with Crippen molar-refractivity contribution in [1.29, 1.82) is 0 Å². The number of aliphatic hydroxyl groups is 3. The molecule has 4 N–H and O–H groups in total. The number of carboxylic acid groups (broad SMARTS) is 1. The number of hydrogen-bond acceptors (Lipinski definition) is 5. The van der Waals surface area contributed by atoms with Crippen LogP contribution in [0.1, 0.15) is 51.9 Å². The van der Waals surface area contributed by atoms with Crippen LogP contribution >= 0.6 is 0 Å². The predicted octanol–water partition coefficient (Wildman–Crippen LogP) is 2.90. The molecule has 0 saturated carbocycles. The fraction of sp³-hybridized carbons (Fsp3) is 0.591. The average molecular weight is 395 g/mol. The molecule has 1 rings (SSSR count). The van der Waals surface area contributed by atoms with Gasteiger partial charge in [-0.3, -0.25) is 4.79 Å². The highest BCUT2D eigenvalue weighted by Gasteiger charge is 2.35. The van der Waals surface area contributed by atoms with Crippen molar-refractivity contribution in [3.8, 4) is 0 Å². The van der Waals surface area contributed by atoms with Gasteiger partial charge in [0.2, 0.25) is 0 Å². The third-order valence-electron chi connectivity index (χ3n) is 4.42. The Morgan fingerprint density at radius 3 is 2.54 bits per heavy atom. The van der Waals surface area contributed by atoms with E-state index in [0.717, 1.165) is 6.42 Å². The Morgan fingerprint density at radius 2 is 1.82 bits per heavy atom. The molecule has 0 amide bonds. The van der Waals surface area contributed by atoms with Crippen LogP contribution < -0.4 is 0 Å². The maximum atomic E-state index is 10.4. The highest BCUT2D eigenvalue weighted by Crippen LogP contribution is 2.25. The summed E-state index contributed by atoms with van der Waals surface area (Å²) in [6, 6.07) is 0. The van der Waals surface area contributed by atoms with Crippen LogP contribution in [0.5, 0.6) is 0 Å². The first-order valence-corrected chi connectivity index (χ1v) is 9.98. The maximum Gasteiger partial charge on any atom is 0.303 e. The van der Waals surface area contributed by atoms with E-state index in [1.807, 2.05) is 43.4 Å². The predicted molar refractivity (Wildman–Crippen MR) is 109 cm³/mol. The maximum absolute atomic E-state index is 10.4. The highest BCUT2D eigenvalue weighted by molar-refractivity contribution is 5.66. The van der Waals surface area contributed by atoms with Crippen molar-refractivity contribution in [1.82, 2.24) is 0 Å². The third-order valence-corrected chi connectivity index (χ3v) is 4.42. The number of carboxylic acids is 1.